The van der Waals surface area contributed by atoms with Gasteiger partial charge >= 0.3 is 0 Å². The van der Waals surface area contributed by atoms with E-state index in [4.69, 9.17) is 21.4 Å². The smallest absolute Gasteiger partial charge is 0.245 e. The number of alkyl halides is 1. The summed E-state index contributed by atoms with van der Waals surface area (Å²) in [5.74, 6) is -0.135. The number of hydrogen-bond donors (Lipinski definition) is 1. The molecule has 2 rings (SSSR count). The molecule has 2 atom stereocenters. The molecule has 0 aliphatic carbocycles. The third kappa shape index (κ3) is 3.02. The first kappa shape index (κ1) is 13.3. The van der Waals surface area contributed by atoms with Crippen LogP contribution in [0.1, 0.15) is 10.9 Å². The van der Waals surface area contributed by atoms with E-state index in [1.54, 1.807) is 4.90 Å². The van der Waals surface area contributed by atoms with E-state index in [0.717, 1.165) is 5.56 Å². The Balaban J connectivity index is 2.02. The van der Waals surface area contributed by atoms with Crippen molar-refractivity contribution in [3.8, 4) is 0 Å². The molecule has 2 unspecified atom stereocenters. The molecule has 0 spiro atoms. The molecule has 0 saturated carbocycles. The molecule has 1 aliphatic rings. The number of carbonyl (C=O) groups excluding carboxylic acids is 1. The maximum Gasteiger partial charge on any atom is 0.245 e. The largest absolute Gasteiger partial charge is 0.394 e. The van der Waals surface area contributed by atoms with Crippen LogP contribution in [-0.4, -0.2) is 48.3 Å². The van der Waals surface area contributed by atoms with E-state index in [2.05, 4.69) is 0 Å². The zero-order valence-electron chi connectivity index (χ0n) is 9.96. The molecule has 0 bridgehead atoms. The van der Waals surface area contributed by atoms with Gasteiger partial charge in [0.15, 0.2) is 0 Å². The Bertz CT molecular complexity index is 398. The predicted molar refractivity (Wildman–Crippen MR) is 68.4 cm³/mol. The lowest BCUT2D eigenvalue weighted by atomic mass is 10.1. The topological polar surface area (TPSA) is 49.8 Å². The number of morpholine rings is 1. The number of nitrogens with zero attached hydrogens (tertiary/aromatic N) is 1. The summed E-state index contributed by atoms with van der Waals surface area (Å²) < 4.78 is 5.31. The van der Waals surface area contributed by atoms with Crippen LogP contribution < -0.4 is 0 Å². The summed E-state index contributed by atoms with van der Waals surface area (Å²) in [6.45, 7) is 1.27. The van der Waals surface area contributed by atoms with Crippen LogP contribution in [0.25, 0.3) is 0 Å². The summed E-state index contributed by atoms with van der Waals surface area (Å²) in [5.41, 5.74) is 0.788. The number of aliphatic hydroxyl groups is 1. The van der Waals surface area contributed by atoms with E-state index in [1.807, 2.05) is 30.3 Å². The van der Waals surface area contributed by atoms with Gasteiger partial charge in [-0.25, -0.2) is 0 Å². The standard InChI is InChI=1S/C13H16ClNO3/c14-12(10-4-2-1-3-5-10)13(17)15-6-7-18-11(8-15)9-16/h1-5,11-12,16H,6-9H2. The molecule has 98 valence electrons. The monoisotopic (exact) mass is 269 g/mol. The maximum atomic E-state index is 12.2. The van der Waals surface area contributed by atoms with Crippen LogP contribution in [0.3, 0.4) is 0 Å². The van der Waals surface area contributed by atoms with Crippen molar-refractivity contribution in [1.29, 1.82) is 0 Å². The number of ether oxygens (including phenoxy) is 1. The maximum absolute atomic E-state index is 12.2. The Labute approximate surface area is 111 Å². The Morgan fingerprint density at radius 2 is 2.22 bits per heavy atom. The first-order valence-corrected chi connectivity index (χ1v) is 6.36. The molecule has 5 heteroatoms. The number of carbonyl (C=O) groups is 1. The van der Waals surface area contributed by atoms with Crippen LogP contribution in [0, 0.1) is 0 Å². The van der Waals surface area contributed by atoms with Crippen molar-refractivity contribution >= 4 is 17.5 Å². The fraction of sp³-hybridized carbons (Fsp3) is 0.462. The Morgan fingerprint density at radius 1 is 1.50 bits per heavy atom. The van der Waals surface area contributed by atoms with Gasteiger partial charge in [-0.05, 0) is 5.56 Å². The minimum atomic E-state index is -0.677. The second-order valence-electron chi connectivity index (χ2n) is 4.23. The highest BCUT2D eigenvalue weighted by Crippen LogP contribution is 2.23. The Kier molecular flexibility index (Phi) is 4.58. The van der Waals surface area contributed by atoms with Gasteiger partial charge in [0.25, 0.3) is 0 Å². The van der Waals surface area contributed by atoms with Crippen LogP contribution in [0.2, 0.25) is 0 Å². The number of benzene rings is 1. The highest BCUT2D eigenvalue weighted by Gasteiger charge is 2.28. The van der Waals surface area contributed by atoms with Crippen LogP contribution in [0.4, 0.5) is 0 Å². The molecule has 18 heavy (non-hydrogen) atoms. The first-order valence-electron chi connectivity index (χ1n) is 5.92. The molecular weight excluding hydrogens is 254 g/mol. The second kappa shape index (κ2) is 6.18. The van der Waals surface area contributed by atoms with Crippen LogP contribution in [0.5, 0.6) is 0 Å². The zero-order valence-corrected chi connectivity index (χ0v) is 10.7. The van der Waals surface area contributed by atoms with Gasteiger partial charge in [-0.15, -0.1) is 11.6 Å². The number of hydrogen-bond acceptors (Lipinski definition) is 3. The zero-order chi connectivity index (χ0) is 13.0. The minimum Gasteiger partial charge on any atom is -0.394 e. The predicted octanol–water partition coefficient (Wildman–Crippen LogP) is 1.19. The van der Waals surface area contributed by atoms with Crippen molar-refractivity contribution in [2.45, 2.75) is 11.5 Å². The van der Waals surface area contributed by atoms with Gasteiger partial charge in [-0.1, -0.05) is 30.3 Å². The molecule has 1 N–H and O–H groups in total. The van der Waals surface area contributed by atoms with Gasteiger partial charge in [0.2, 0.25) is 5.91 Å². The fourth-order valence-electron chi connectivity index (χ4n) is 1.95. The van der Waals surface area contributed by atoms with E-state index in [0.29, 0.717) is 19.7 Å². The molecule has 1 aromatic rings. The molecular formula is C13H16ClNO3. The summed E-state index contributed by atoms with van der Waals surface area (Å²) >= 11 is 6.19. The Morgan fingerprint density at radius 3 is 2.89 bits per heavy atom. The number of halogens is 1. The first-order chi connectivity index (χ1) is 8.72. The van der Waals surface area contributed by atoms with Crippen molar-refractivity contribution in [2.75, 3.05) is 26.3 Å². The minimum absolute atomic E-state index is 0.0813. The van der Waals surface area contributed by atoms with Crippen molar-refractivity contribution in [3.05, 3.63) is 35.9 Å². The van der Waals surface area contributed by atoms with Gasteiger partial charge < -0.3 is 14.7 Å². The molecule has 1 amide bonds. The van der Waals surface area contributed by atoms with E-state index >= 15 is 0 Å². The van der Waals surface area contributed by atoms with Gasteiger partial charge in [0.1, 0.15) is 5.38 Å². The highest BCUT2D eigenvalue weighted by molar-refractivity contribution is 6.30. The third-order valence-corrected chi connectivity index (χ3v) is 3.40. The number of aliphatic hydroxyl groups excluding tert-OH is 1. The summed E-state index contributed by atoms with van der Waals surface area (Å²) in [7, 11) is 0. The SMILES string of the molecule is O=C(C(Cl)c1ccccc1)N1CCOC(CO)C1. The average Bonchev–Trinajstić information content (AvgIpc) is 2.46. The summed E-state index contributed by atoms with van der Waals surface area (Å²) in [5, 5.41) is 8.37. The second-order valence-corrected chi connectivity index (χ2v) is 4.67. The summed E-state index contributed by atoms with van der Waals surface area (Å²) in [4.78, 5) is 13.9. The van der Waals surface area contributed by atoms with Gasteiger partial charge in [-0.2, -0.15) is 0 Å². The number of rotatable bonds is 3. The fourth-order valence-corrected chi connectivity index (χ4v) is 2.24. The lowest BCUT2D eigenvalue weighted by Gasteiger charge is -2.33. The molecule has 1 aromatic carbocycles. The normalized spacial score (nSPS) is 21.7. The Hall–Kier alpha value is -1.10. The van der Waals surface area contributed by atoms with E-state index in [9.17, 15) is 4.79 Å². The molecule has 0 aromatic heterocycles. The van der Waals surface area contributed by atoms with Gasteiger partial charge in [0.05, 0.1) is 19.3 Å². The van der Waals surface area contributed by atoms with Gasteiger partial charge in [-0.3, -0.25) is 4.79 Å². The molecule has 4 nitrogen and oxygen atoms in total. The van der Waals surface area contributed by atoms with E-state index in [1.165, 1.54) is 0 Å². The molecule has 0 radical (unpaired) electrons. The van der Waals surface area contributed by atoms with Crippen molar-refractivity contribution in [2.24, 2.45) is 0 Å². The summed E-state index contributed by atoms with van der Waals surface area (Å²) in [6.07, 6.45) is -0.303. The van der Waals surface area contributed by atoms with Crippen LogP contribution >= 0.6 is 11.6 Å². The van der Waals surface area contributed by atoms with Crippen molar-refractivity contribution < 1.29 is 14.6 Å². The lowest BCUT2D eigenvalue weighted by molar-refractivity contribution is -0.139. The number of amides is 1. The van der Waals surface area contributed by atoms with E-state index in [-0.39, 0.29) is 18.6 Å². The quantitative estimate of drug-likeness (QED) is 0.839. The summed E-state index contributed by atoms with van der Waals surface area (Å²) in [6, 6.07) is 9.26. The highest BCUT2D eigenvalue weighted by atomic mass is 35.5. The van der Waals surface area contributed by atoms with Crippen molar-refractivity contribution in [1.82, 2.24) is 4.90 Å². The molecule has 1 fully saturated rings. The van der Waals surface area contributed by atoms with Crippen LogP contribution in [0.15, 0.2) is 30.3 Å². The van der Waals surface area contributed by atoms with Crippen molar-refractivity contribution in [3.63, 3.8) is 0 Å². The third-order valence-electron chi connectivity index (χ3n) is 2.96. The van der Waals surface area contributed by atoms with Crippen LogP contribution in [-0.2, 0) is 9.53 Å². The lowest BCUT2D eigenvalue weighted by Crippen LogP contribution is -2.47. The molecule has 1 aliphatic heterocycles. The van der Waals surface area contributed by atoms with E-state index < -0.39 is 5.38 Å². The van der Waals surface area contributed by atoms with Gasteiger partial charge in [0, 0.05) is 13.1 Å². The molecule has 1 saturated heterocycles. The molecule has 1 heterocycles. The average molecular weight is 270 g/mol.